The van der Waals surface area contributed by atoms with E-state index in [1.54, 1.807) is 36.5 Å². The minimum Gasteiger partial charge on any atom is -0.463 e. The van der Waals surface area contributed by atoms with Crippen LogP contribution in [0, 0.1) is 0 Å². The molecule has 0 fully saturated rings. The zero-order valence-corrected chi connectivity index (χ0v) is 13.7. The first-order valence-corrected chi connectivity index (χ1v) is 7.68. The molecule has 0 saturated carbocycles. The molecule has 0 saturated heterocycles. The molecule has 7 nitrogen and oxygen atoms in total. The van der Waals surface area contributed by atoms with Gasteiger partial charge in [0.2, 0.25) is 10.5 Å². The van der Waals surface area contributed by atoms with E-state index >= 15 is 0 Å². The van der Waals surface area contributed by atoms with Crippen LogP contribution in [0.1, 0.15) is 11.3 Å². The molecule has 2 aromatic heterocycles. The zero-order valence-electron chi connectivity index (χ0n) is 12.9. The van der Waals surface area contributed by atoms with Crippen molar-refractivity contribution in [1.82, 2.24) is 15.8 Å². The Morgan fingerprint density at radius 2 is 1.84 bits per heavy atom. The quantitative estimate of drug-likeness (QED) is 0.424. The number of hydrogen-bond donors (Lipinski definition) is 2. The first kappa shape index (κ1) is 16.5. The predicted octanol–water partition coefficient (Wildman–Crippen LogP) is 2.02. The predicted molar refractivity (Wildman–Crippen MR) is 101 cm³/mol. The van der Waals surface area contributed by atoms with Crippen molar-refractivity contribution in [1.29, 1.82) is 0 Å². The third kappa shape index (κ3) is 4.33. The van der Waals surface area contributed by atoms with Gasteiger partial charge in [0.15, 0.2) is 0 Å². The number of pyridine rings is 1. The molecular formula is C17H13N5O2S. The van der Waals surface area contributed by atoms with E-state index in [-0.39, 0.29) is 10.5 Å². The SMILES string of the molecule is O=c1c(/C=N/NC(=S)N/N=C/c2ccccn2)coc2ccccc12. The molecule has 0 bridgehead atoms. The van der Waals surface area contributed by atoms with Crippen LogP contribution in [0.4, 0.5) is 0 Å². The van der Waals surface area contributed by atoms with Crippen LogP contribution in [0.15, 0.2) is 74.3 Å². The maximum absolute atomic E-state index is 12.3. The zero-order chi connectivity index (χ0) is 17.5. The molecule has 0 aliphatic heterocycles. The van der Waals surface area contributed by atoms with Gasteiger partial charge in [-0.05, 0) is 36.5 Å². The number of benzene rings is 1. The van der Waals surface area contributed by atoms with Crippen molar-refractivity contribution < 1.29 is 4.42 Å². The van der Waals surface area contributed by atoms with Crippen LogP contribution in [0.25, 0.3) is 11.0 Å². The van der Waals surface area contributed by atoms with Crippen LogP contribution < -0.4 is 16.3 Å². The van der Waals surface area contributed by atoms with E-state index in [9.17, 15) is 4.79 Å². The smallest absolute Gasteiger partial charge is 0.207 e. The number of rotatable bonds is 4. The van der Waals surface area contributed by atoms with Crippen molar-refractivity contribution in [3.05, 3.63) is 76.4 Å². The molecule has 1 aromatic carbocycles. The number of para-hydroxylation sites is 1. The maximum Gasteiger partial charge on any atom is 0.207 e. The van der Waals surface area contributed by atoms with Crippen LogP contribution in [0.2, 0.25) is 0 Å². The van der Waals surface area contributed by atoms with E-state index in [0.29, 0.717) is 22.2 Å². The van der Waals surface area contributed by atoms with Gasteiger partial charge < -0.3 is 4.42 Å². The molecule has 0 aliphatic rings. The normalized spacial score (nSPS) is 11.2. The van der Waals surface area contributed by atoms with Gasteiger partial charge in [-0.15, -0.1) is 0 Å². The van der Waals surface area contributed by atoms with Gasteiger partial charge in [-0.3, -0.25) is 20.6 Å². The average Bonchev–Trinajstić information content (AvgIpc) is 2.65. The Morgan fingerprint density at radius 3 is 2.64 bits per heavy atom. The first-order chi connectivity index (χ1) is 12.2. The van der Waals surface area contributed by atoms with Crippen molar-refractivity contribution in [2.24, 2.45) is 10.2 Å². The Hall–Kier alpha value is -3.39. The summed E-state index contributed by atoms with van der Waals surface area (Å²) in [4.78, 5) is 16.4. The van der Waals surface area contributed by atoms with Gasteiger partial charge in [-0.2, -0.15) is 10.2 Å². The van der Waals surface area contributed by atoms with Crippen molar-refractivity contribution in [3.63, 3.8) is 0 Å². The second kappa shape index (κ2) is 7.93. The number of hydrogen-bond acceptors (Lipinski definition) is 6. The number of aromatic nitrogens is 1. The lowest BCUT2D eigenvalue weighted by Gasteiger charge is -2.01. The van der Waals surface area contributed by atoms with Crippen molar-refractivity contribution >= 4 is 40.7 Å². The van der Waals surface area contributed by atoms with Crippen LogP contribution in [0.5, 0.6) is 0 Å². The number of fused-ring (bicyclic) bond motifs is 1. The lowest BCUT2D eigenvalue weighted by molar-refractivity contribution is 0.601. The lowest BCUT2D eigenvalue weighted by atomic mass is 10.2. The largest absolute Gasteiger partial charge is 0.463 e. The first-order valence-electron chi connectivity index (χ1n) is 7.28. The molecule has 0 spiro atoms. The van der Waals surface area contributed by atoms with Gasteiger partial charge in [-0.25, -0.2) is 0 Å². The van der Waals surface area contributed by atoms with E-state index < -0.39 is 0 Å². The maximum atomic E-state index is 12.3. The summed E-state index contributed by atoms with van der Waals surface area (Å²) in [5, 5.41) is 8.50. The summed E-state index contributed by atoms with van der Waals surface area (Å²) in [5.41, 5.74) is 6.52. The molecule has 3 rings (SSSR count). The van der Waals surface area contributed by atoms with Crippen LogP contribution in [-0.4, -0.2) is 22.5 Å². The third-order valence-corrected chi connectivity index (χ3v) is 3.31. The highest BCUT2D eigenvalue weighted by molar-refractivity contribution is 7.80. The number of nitrogens with one attached hydrogen (secondary N) is 2. The third-order valence-electron chi connectivity index (χ3n) is 3.13. The van der Waals surface area contributed by atoms with E-state index in [1.807, 2.05) is 12.1 Å². The van der Waals surface area contributed by atoms with Crippen LogP contribution >= 0.6 is 12.2 Å². The van der Waals surface area contributed by atoms with E-state index in [2.05, 4.69) is 26.0 Å². The summed E-state index contributed by atoms with van der Waals surface area (Å²) in [6.07, 6.45) is 5.88. The molecule has 3 aromatic rings. The molecule has 124 valence electrons. The standard InChI is InChI=1S/C17H13N5O2S/c23-16-12(11-24-15-7-2-1-6-14(15)16)9-19-21-17(25)22-20-10-13-5-3-4-8-18-13/h1-11H,(H2,21,22,25)/b19-9+,20-10+. The number of nitrogens with zero attached hydrogens (tertiary/aromatic N) is 3. The summed E-state index contributed by atoms with van der Waals surface area (Å²) in [7, 11) is 0. The van der Waals surface area contributed by atoms with Crippen molar-refractivity contribution in [2.45, 2.75) is 0 Å². The minimum atomic E-state index is -0.167. The molecule has 25 heavy (non-hydrogen) atoms. The van der Waals surface area contributed by atoms with Gasteiger partial charge in [0.05, 0.1) is 29.1 Å². The summed E-state index contributed by atoms with van der Waals surface area (Å²) < 4.78 is 5.40. The highest BCUT2D eigenvalue weighted by Gasteiger charge is 2.04. The Morgan fingerprint density at radius 1 is 1.08 bits per heavy atom. The molecule has 0 amide bonds. The van der Waals surface area contributed by atoms with Gasteiger partial charge in [-0.1, -0.05) is 18.2 Å². The lowest BCUT2D eigenvalue weighted by Crippen LogP contribution is -2.28. The molecule has 0 aliphatic carbocycles. The fraction of sp³-hybridized carbons (Fsp3) is 0. The van der Waals surface area contributed by atoms with Crippen molar-refractivity contribution in [3.8, 4) is 0 Å². The minimum absolute atomic E-state index is 0.167. The Kier molecular flexibility index (Phi) is 5.22. The average molecular weight is 351 g/mol. The van der Waals surface area contributed by atoms with Gasteiger partial charge in [0, 0.05) is 6.20 Å². The summed E-state index contributed by atoms with van der Waals surface area (Å²) >= 11 is 5.02. The molecule has 8 heteroatoms. The number of thiocarbonyl (C=S) groups is 1. The van der Waals surface area contributed by atoms with Gasteiger partial charge in [0.25, 0.3) is 0 Å². The Balaban J connectivity index is 1.59. The molecule has 0 unspecified atom stereocenters. The van der Waals surface area contributed by atoms with E-state index in [1.165, 1.54) is 18.7 Å². The summed E-state index contributed by atoms with van der Waals surface area (Å²) in [6, 6.07) is 12.5. The molecule has 2 N–H and O–H groups in total. The summed E-state index contributed by atoms with van der Waals surface area (Å²) in [5.74, 6) is 0. The Bertz CT molecular complexity index is 999. The van der Waals surface area contributed by atoms with Crippen molar-refractivity contribution in [2.75, 3.05) is 0 Å². The highest BCUT2D eigenvalue weighted by Crippen LogP contribution is 2.09. The van der Waals surface area contributed by atoms with Gasteiger partial charge >= 0.3 is 0 Å². The highest BCUT2D eigenvalue weighted by atomic mass is 32.1. The van der Waals surface area contributed by atoms with Gasteiger partial charge in [0.1, 0.15) is 11.8 Å². The number of hydrazone groups is 2. The topological polar surface area (TPSA) is 91.9 Å². The molecule has 0 radical (unpaired) electrons. The van der Waals surface area contributed by atoms with E-state index in [4.69, 9.17) is 16.6 Å². The van der Waals surface area contributed by atoms with Crippen LogP contribution in [-0.2, 0) is 0 Å². The molecule has 2 heterocycles. The second-order valence-electron chi connectivity index (χ2n) is 4.84. The molecule has 0 atom stereocenters. The Labute approximate surface area is 148 Å². The monoisotopic (exact) mass is 351 g/mol. The van der Waals surface area contributed by atoms with Crippen LogP contribution in [0.3, 0.4) is 0 Å². The molecular weight excluding hydrogens is 338 g/mol. The fourth-order valence-corrected chi connectivity index (χ4v) is 2.08. The van der Waals surface area contributed by atoms with E-state index in [0.717, 1.165) is 0 Å². The second-order valence-corrected chi connectivity index (χ2v) is 5.25. The fourth-order valence-electron chi connectivity index (χ4n) is 1.98. The summed E-state index contributed by atoms with van der Waals surface area (Å²) in [6.45, 7) is 0.